The van der Waals surface area contributed by atoms with E-state index in [2.05, 4.69) is 11.2 Å². The molecule has 8 nitrogen and oxygen atoms in total. The third-order valence-electron chi connectivity index (χ3n) is 7.13. The van der Waals surface area contributed by atoms with Gasteiger partial charge in [-0.05, 0) is 74.2 Å². The van der Waals surface area contributed by atoms with Gasteiger partial charge in [0.2, 0.25) is 5.91 Å². The number of halogens is 1. The molecule has 0 spiro atoms. The molecule has 1 saturated carbocycles. The summed E-state index contributed by atoms with van der Waals surface area (Å²) in [7, 11) is 1.78. The molecule has 1 fully saturated rings. The van der Waals surface area contributed by atoms with Crippen molar-refractivity contribution in [1.29, 1.82) is 5.26 Å². The molecule has 1 aliphatic rings. The minimum absolute atomic E-state index is 0.129. The van der Waals surface area contributed by atoms with Crippen molar-refractivity contribution in [3.05, 3.63) is 88.1 Å². The van der Waals surface area contributed by atoms with Gasteiger partial charge in [0.05, 0.1) is 46.3 Å². The zero-order chi connectivity index (χ0) is 26.1. The lowest BCUT2D eigenvalue weighted by molar-refractivity contribution is -0.134. The molecule has 0 N–H and O–H groups in total. The van der Waals surface area contributed by atoms with E-state index in [1.807, 2.05) is 6.92 Å². The molecular formula is C28H27FN6O2. The third-order valence-corrected chi connectivity index (χ3v) is 7.13. The molecule has 0 unspecified atom stereocenters. The van der Waals surface area contributed by atoms with Crippen LogP contribution in [0, 0.1) is 18.3 Å². The van der Waals surface area contributed by atoms with Crippen LogP contribution in [0.3, 0.4) is 0 Å². The number of carbonyl (C=O) groups is 1. The van der Waals surface area contributed by atoms with Gasteiger partial charge < -0.3 is 4.90 Å². The average molecular weight is 499 g/mol. The lowest BCUT2D eigenvalue weighted by Gasteiger charge is -2.34. The normalized spacial score (nSPS) is 13.2. The quantitative estimate of drug-likeness (QED) is 0.383. The Labute approximate surface area is 213 Å². The number of likely N-dealkylation sites (N-methyl/N-ethyl adjacent to an activating group) is 1. The summed E-state index contributed by atoms with van der Waals surface area (Å²) < 4.78 is 18.1. The summed E-state index contributed by atoms with van der Waals surface area (Å²) in [4.78, 5) is 28.8. The summed E-state index contributed by atoms with van der Waals surface area (Å²) in [6.45, 7) is 1.04. The van der Waals surface area contributed by atoms with Crippen LogP contribution >= 0.6 is 0 Å². The van der Waals surface area contributed by atoms with Crippen LogP contribution in [0.25, 0.3) is 22.8 Å². The van der Waals surface area contributed by atoms with Gasteiger partial charge in [-0.3, -0.25) is 13.9 Å². The first-order valence-corrected chi connectivity index (χ1v) is 12.2. The number of amides is 1. The highest BCUT2D eigenvalue weighted by Crippen LogP contribution is 2.28. The lowest BCUT2D eigenvalue weighted by Crippen LogP contribution is -2.44. The summed E-state index contributed by atoms with van der Waals surface area (Å²) in [5.41, 5.74) is 3.62. The Morgan fingerprint density at radius 1 is 1.16 bits per heavy atom. The van der Waals surface area contributed by atoms with E-state index in [1.54, 1.807) is 77.4 Å². The summed E-state index contributed by atoms with van der Waals surface area (Å²) in [6, 6.07) is 17.8. The molecule has 188 valence electrons. The third kappa shape index (κ3) is 4.35. The number of carbonyl (C=O) groups excluding carboxylic acids is 1. The van der Waals surface area contributed by atoms with Crippen molar-refractivity contribution in [2.45, 2.75) is 45.4 Å². The molecule has 0 aliphatic heterocycles. The molecule has 0 bridgehead atoms. The van der Waals surface area contributed by atoms with Gasteiger partial charge in [0.1, 0.15) is 13.2 Å². The fraction of sp³-hybridized carbons (Fsp3) is 0.286. The molecule has 0 radical (unpaired) electrons. The highest BCUT2D eigenvalue weighted by Gasteiger charge is 2.29. The van der Waals surface area contributed by atoms with E-state index in [4.69, 9.17) is 5.26 Å². The van der Waals surface area contributed by atoms with Crippen molar-refractivity contribution in [1.82, 2.24) is 23.8 Å². The SMILES string of the molecule is Cc1c(-c2ccnn2-c2ccc(C#N)cc2)n(CC(=O)N(C)C2CCC2)c(=O)n1-c1cccc(CF)c1. The molecule has 37 heavy (non-hydrogen) atoms. The molecule has 9 heteroatoms. The van der Waals surface area contributed by atoms with Crippen molar-refractivity contribution < 1.29 is 9.18 Å². The number of nitriles is 1. The largest absolute Gasteiger partial charge is 0.341 e. The Hall–Kier alpha value is -4.45. The van der Waals surface area contributed by atoms with Gasteiger partial charge in [0.25, 0.3) is 0 Å². The number of benzene rings is 2. The van der Waals surface area contributed by atoms with Crippen LogP contribution in [0.15, 0.2) is 65.6 Å². The van der Waals surface area contributed by atoms with E-state index >= 15 is 0 Å². The number of hydrogen-bond acceptors (Lipinski definition) is 4. The van der Waals surface area contributed by atoms with Gasteiger partial charge in [-0.15, -0.1) is 0 Å². The molecule has 1 amide bonds. The fourth-order valence-corrected chi connectivity index (χ4v) is 4.80. The maximum atomic E-state index is 13.8. The molecule has 4 aromatic rings. The summed E-state index contributed by atoms with van der Waals surface area (Å²) in [6.07, 6.45) is 4.65. The van der Waals surface area contributed by atoms with Gasteiger partial charge in [-0.1, -0.05) is 12.1 Å². The molecule has 5 rings (SSSR count). The molecule has 1 aliphatic carbocycles. The predicted molar refractivity (Wildman–Crippen MR) is 137 cm³/mol. The van der Waals surface area contributed by atoms with Crippen LogP contribution < -0.4 is 5.69 Å². The van der Waals surface area contributed by atoms with Gasteiger partial charge >= 0.3 is 5.69 Å². The second kappa shape index (κ2) is 9.90. The van der Waals surface area contributed by atoms with Crippen LogP contribution in [-0.4, -0.2) is 42.8 Å². The zero-order valence-electron chi connectivity index (χ0n) is 20.8. The maximum Gasteiger partial charge on any atom is 0.333 e. The number of nitrogens with zero attached hydrogens (tertiary/aromatic N) is 6. The lowest BCUT2D eigenvalue weighted by atomic mass is 9.92. The van der Waals surface area contributed by atoms with Crippen LogP contribution in [0.2, 0.25) is 0 Å². The highest BCUT2D eigenvalue weighted by atomic mass is 19.1. The van der Waals surface area contributed by atoms with Crippen molar-refractivity contribution in [2.75, 3.05) is 7.05 Å². The fourth-order valence-electron chi connectivity index (χ4n) is 4.80. The van der Waals surface area contributed by atoms with Crippen molar-refractivity contribution in [2.24, 2.45) is 0 Å². The average Bonchev–Trinajstić information content (AvgIpc) is 3.45. The Kier molecular flexibility index (Phi) is 6.49. The number of rotatable bonds is 7. The predicted octanol–water partition coefficient (Wildman–Crippen LogP) is 4.15. The Morgan fingerprint density at radius 2 is 1.92 bits per heavy atom. The molecule has 0 saturated heterocycles. The van der Waals surface area contributed by atoms with Crippen LogP contribution in [0.5, 0.6) is 0 Å². The number of aromatic nitrogens is 4. The number of hydrogen-bond donors (Lipinski definition) is 0. The zero-order valence-corrected chi connectivity index (χ0v) is 20.8. The van der Waals surface area contributed by atoms with E-state index < -0.39 is 6.67 Å². The second-order valence-corrected chi connectivity index (χ2v) is 9.32. The highest BCUT2D eigenvalue weighted by molar-refractivity contribution is 5.77. The van der Waals surface area contributed by atoms with E-state index in [0.29, 0.717) is 39.6 Å². The second-order valence-electron chi connectivity index (χ2n) is 9.32. The van der Waals surface area contributed by atoms with Crippen LogP contribution in [0.1, 0.15) is 36.1 Å². The Morgan fingerprint density at radius 3 is 2.57 bits per heavy atom. The van der Waals surface area contributed by atoms with Crippen molar-refractivity contribution >= 4 is 5.91 Å². The van der Waals surface area contributed by atoms with Crippen molar-refractivity contribution in [3.8, 4) is 28.8 Å². The topological polar surface area (TPSA) is 88.8 Å². The summed E-state index contributed by atoms with van der Waals surface area (Å²) in [5.74, 6) is -0.146. The first kappa shape index (κ1) is 24.3. The molecular weight excluding hydrogens is 471 g/mol. The maximum absolute atomic E-state index is 13.8. The van der Waals surface area contributed by atoms with E-state index in [1.165, 1.54) is 9.13 Å². The van der Waals surface area contributed by atoms with Crippen molar-refractivity contribution in [3.63, 3.8) is 0 Å². The monoisotopic (exact) mass is 498 g/mol. The first-order valence-electron chi connectivity index (χ1n) is 12.2. The summed E-state index contributed by atoms with van der Waals surface area (Å²) >= 11 is 0. The van der Waals surface area contributed by atoms with E-state index in [0.717, 1.165) is 19.3 Å². The van der Waals surface area contributed by atoms with Crippen LogP contribution in [0.4, 0.5) is 4.39 Å². The van der Waals surface area contributed by atoms with Gasteiger partial charge in [-0.25, -0.2) is 13.9 Å². The smallest absolute Gasteiger partial charge is 0.333 e. The minimum Gasteiger partial charge on any atom is -0.341 e. The molecule has 0 atom stereocenters. The molecule has 2 aromatic carbocycles. The van der Waals surface area contributed by atoms with E-state index in [9.17, 15) is 14.0 Å². The number of imidazole rings is 1. The standard InChI is InChI=1S/C28H27FN6O2/c1-19-27(25-13-14-31-35(25)23-11-9-20(17-30)10-12-23)33(18-26(36)32(2)22-6-4-7-22)28(37)34(19)24-8-3-5-21(15-24)16-29/h3,5,8-15,22H,4,6-7,16,18H2,1-2H3. The Balaban J connectivity index is 1.67. The number of alkyl halides is 1. The van der Waals surface area contributed by atoms with Crippen LogP contribution in [-0.2, 0) is 18.0 Å². The van der Waals surface area contributed by atoms with Gasteiger partial charge in [-0.2, -0.15) is 10.4 Å². The molecule has 2 heterocycles. The van der Waals surface area contributed by atoms with Gasteiger partial charge in [0, 0.05) is 13.1 Å². The van der Waals surface area contributed by atoms with E-state index in [-0.39, 0.29) is 24.2 Å². The minimum atomic E-state index is -0.647. The first-order chi connectivity index (χ1) is 17.9. The summed E-state index contributed by atoms with van der Waals surface area (Å²) in [5, 5.41) is 13.6. The van der Waals surface area contributed by atoms with Gasteiger partial charge in [0.15, 0.2) is 0 Å². The molecule has 2 aromatic heterocycles. The Bertz CT molecular complexity index is 1550.